The molecule has 4 aromatic rings. The van der Waals surface area contributed by atoms with Crippen molar-refractivity contribution in [2.45, 2.75) is 26.2 Å². The third kappa shape index (κ3) is 3.71. The Kier molecular flexibility index (Phi) is 5.54. The third-order valence-corrected chi connectivity index (χ3v) is 7.24. The molecule has 32 heavy (non-hydrogen) atoms. The van der Waals surface area contributed by atoms with Gasteiger partial charge in [0.1, 0.15) is 11.9 Å². The monoisotopic (exact) mass is 443 g/mol. The molecule has 1 N–H and O–H groups in total. The van der Waals surface area contributed by atoms with Crippen molar-refractivity contribution in [2.24, 2.45) is 5.92 Å². The number of amides is 1. The molecule has 4 heterocycles. The molecule has 1 amide bonds. The Morgan fingerprint density at radius 1 is 1.25 bits per heavy atom. The van der Waals surface area contributed by atoms with E-state index in [9.17, 15) is 10.1 Å². The lowest BCUT2D eigenvalue weighted by molar-refractivity contribution is -0.125. The standard InChI is InChI=1S/C25H25N5OS/c1-17-15-23(30-22-7-3-2-6-21(22)28-24(30)20(17)16-26)29-12-9-18(10-13-29)25(31)27-11-8-19-5-4-14-32-19/h2-7,14-15,18H,8-13H2,1H3,(H,27,31). The molecule has 0 bridgehead atoms. The molecular weight excluding hydrogens is 418 g/mol. The van der Waals surface area contributed by atoms with Crippen LogP contribution in [0, 0.1) is 24.2 Å². The molecule has 1 fully saturated rings. The Hall–Kier alpha value is -3.37. The number of imidazole rings is 1. The van der Waals surface area contributed by atoms with Crippen molar-refractivity contribution in [1.82, 2.24) is 14.7 Å². The number of piperidine rings is 1. The Balaban J connectivity index is 1.34. The van der Waals surface area contributed by atoms with Crippen LogP contribution in [0.4, 0.5) is 5.82 Å². The zero-order chi connectivity index (χ0) is 22.1. The maximum atomic E-state index is 12.7. The molecule has 1 aliphatic rings. The number of hydrogen-bond donors (Lipinski definition) is 1. The number of nitrogens with zero attached hydrogens (tertiary/aromatic N) is 4. The first kappa shape index (κ1) is 20.5. The zero-order valence-electron chi connectivity index (χ0n) is 18.0. The van der Waals surface area contributed by atoms with Crippen molar-refractivity contribution in [1.29, 1.82) is 5.26 Å². The van der Waals surface area contributed by atoms with E-state index in [1.165, 1.54) is 4.88 Å². The van der Waals surface area contributed by atoms with Crippen LogP contribution in [0.5, 0.6) is 0 Å². The van der Waals surface area contributed by atoms with E-state index in [-0.39, 0.29) is 11.8 Å². The number of carbonyl (C=O) groups is 1. The van der Waals surface area contributed by atoms with Gasteiger partial charge in [-0.25, -0.2) is 4.98 Å². The highest BCUT2D eigenvalue weighted by atomic mass is 32.1. The van der Waals surface area contributed by atoms with Crippen LogP contribution in [-0.4, -0.2) is 34.9 Å². The van der Waals surface area contributed by atoms with Crippen molar-refractivity contribution >= 4 is 39.7 Å². The number of hydrogen-bond acceptors (Lipinski definition) is 5. The van der Waals surface area contributed by atoms with Crippen LogP contribution in [0.3, 0.4) is 0 Å². The average Bonchev–Trinajstić information content (AvgIpc) is 3.46. The van der Waals surface area contributed by atoms with E-state index in [0.717, 1.165) is 54.8 Å². The topological polar surface area (TPSA) is 73.4 Å². The summed E-state index contributed by atoms with van der Waals surface area (Å²) in [5.41, 5.74) is 4.14. The van der Waals surface area contributed by atoms with Crippen LogP contribution in [0.2, 0.25) is 0 Å². The fraction of sp³-hybridized carbons (Fsp3) is 0.320. The van der Waals surface area contributed by atoms with E-state index >= 15 is 0 Å². The van der Waals surface area contributed by atoms with Crippen LogP contribution >= 0.6 is 11.3 Å². The summed E-state index contributed by atoms with van der Waals surface area (Å²) in [5, 5.41) is 14.9. The van der Waals surface area contributed by atoms with Gasteiger partial charge in [-0.2, -0.15) is 5.26 Å². The molecule has 1 saturated heterocycles. The van der Waals surface area contributed by atoms with E-state index in [1.807, 2.05) is 37.3 Å². The van der Waals surface area contributed by atoms with E-state index in [0.29, 0.717) is 17.8 Å². The number of para-hydroxylation sites is 2. The molecular formula is C25H25N5OS. The molecule has 0 radical (unpaired) electrons. The number of pyridine rings is 1. The minimum absolute atomic E-state index is 0.0455. The van der Waals surface area contributed by atoms with Gasteiger partial charge in [-0.15, -0.1) is 11.3 Å². The molecule has 0 spiro atoms. The van der Waals surface area contributed by atoms with Crippen molar-refractivity contribution < 1.29 is 4.79 Å². The Morgan fingerprint density at radius 3 is 2.81 bits per heavy atom. The average molecular weight is 444 g/mol. The second-order valence-electron chi connectivity index (χ2n) is 8.31. The van der Waals surface area contributed by atoms with Crippen molar-refractivity contribution in [2.75, 3.05) is 24.5 Å². The normalized spacial score (nSPS) is 14.7. The van der Waals surface area contributed by atoms with Gasteiger partial charge in [-0.3, -0.25) is 9.20 Å². The van der Waals surface area contributed by atoms with Crippen LogP contribution in [0.1, 0.15) is 28.8 Å². The van der Waals surface area contributed by atoms with E-state index < -0.39 is 0 Å². The number of nitriles is 1. The van der Waals surface area contributed by atoms with Gasteiger partial charge in [0.05, 0.1) is 16.6 Å². The maximum Gasteiger partial charge on any atom is 0.223 e. The molecule has 1 aliphatic heterocycles. The number of fused-ring (bicyclic) bond motifs is 3. The summed E-state index contributed by atoms with van der Waals surface area (Å²) in [4.78, 5) is 21.0. The first-order valence-corrected chi connectivity index (χ1v) is 11.9. The van der Waals surface area contributed by atoms with Gasteiger partial charge >= 0.3 is 0 Å². The molecule has 0 atom stereocenters. The predicted molar refractivity (Wildman–Crippen MR) is 128 cm³/mol. The van der Waals surface area contributed by atoms with Crippen molar-refractivity contribution in [3.05, 3.63) is 63.8 Å². The molecule has 0 saturated carbocycles. The first-order chi connectivity index (χ1) is 15.7. The smallest absolute Gasteiger partial charge is 0.223 e. The number of carbonyl (C=O) groups excluding carboxylic acids is 1. The number of thiophene rings is 1. The highest BCUT2D eigenvalue weighted by Gasteiger charge is 2.27. The molecule has 162 valence electrons. The van der Waals surface area contributed by atoms with E-state index in [2.05, 4.69) is 38.2 Å². The highest BCUT2D eigenvalue weighted by Crippen LogP contribution is 2.31. The molecule has 0 aliphatic carbocycles. The summed E-state index contributed by atoms with van der Waals surface area (Å²) in [6, 6.07) is 16.6. The van der Waals surface area contributed by atoms with Gasteiger partial charge in [0.25, 0.3) is 0 Å². The third-order valence-electron chi connectivity index (χ3n) is 6.31. The molecule has 5 rings (SSSR count). The minimum Gasteiger partial charge on any atom is -0.358 e. The number of aryl methyl sites for hydroxylation is 1. The summed E-state index contributed by atoms with van der Waals surface area (Å²) in [6.07, 6.45) is 2.52. The number of anilines is 1. The van der Waals surface area contributed by atoms with Crippen LogP contribution in [-0.2, 0) is 11.2 Å². The zero-order valence-corrected chi connectivity index (χ0v) is 18.9. The largest absolute Gasteiger partial charge is 0.358 e. The summed E-state index contributed by atoms with van der Waals surface area (Å²) in [6.45, 7) is 4.26. The summed E-state index contributed by atoms with van der Waals surface area (Å²) in [5.74, 6) is 1.25. The fourth-order valence-electron chi connectivity index (χ4n) is 4.58. The summed E-state index contributed by atoms with van der Waals surface area (Å²) in [7, 11) is 0. The van der Waals surface area contributed by atoms with E-state index in [4.69, 9.17) is 4.98 Å². The quantitative estimate of drug-likeness (QED) is 0.499. The van der Waals surface area contributed by atoms with Crippen molar-refractivity contribution in [3.8, 4) is 6.07 Å². The first-order valence-electron chi connectivity index (χ1n) is 11.0. The number of rotatable bonds is 5. The Labute approximate surface area is 191 Å². The predicted octanol–water partition coefficient (Wildman–Crippen LogP) is 4.30. The Bertz CT molecular complexity index is 1310. The van der Waals surface area contributed by atoms with Gasteiger partial charge in [-0.1, -0.05) is 18.2 Å². The van der Waals surface area contributed by atoms with Crippen LogP contribution < -0.4 is 10.2 Å². The minimum atomic E-state index is 0.0455. The van der Waals surface area contributed by atoms with Gasteiger partial charge in [-0.05, 0) is 61.4 Å². The fourth-order valence-corrected chi connectivity index (χ4v) is 5.29. The number of aromatic nitrogens is 2. The lowest BCUT2D eigenvalue weighted by atomic mass is 9.95. The Morgan fingerprint density at radius 2 is 2.06 bits per heavy atom. The lowest BCUT2D eigenvalue weighted by Crippen LogP contribution is -2.41. The van der Waals surface area contributed by atoms with Crippen molar-refractivity contribution in [3.63, 3.8) is 0 Å². The molecule has 6 nitrogen and oxygen atoms in total. The van der Waals surface area contributed by atoms with Gasteiger partial charge in [0.2, 0.25) is 5.91 Å². The number of benzene rings is 1. The van der Waals surface area contributed by atoms with E-state index in [1.54, 1.807) is 11.3 Å². The second kappa shape index (κ2) is 8.64. The molecule has 7 heteroatoms. The molecule has 0 unspecified atom stereocenters. The summed E-state index contributed by atoms with van der Waals surface area (Å²) >= 11 is 1.73. The second-order valence-corrected chi connectivity index (χ2v) is 9.35. The maximum absolute atomic E-state index is 12.7. The summed E-state index contributed by atoms with van der Waals surface area (Å²) < 4.78 is 2.10. The van der Waals surface area contributed by atoms with Gasteiger partial charge < -0.3 is 10.2 Å². The van der Waals surface area contributed by atoms with Crippen LogP contribution in [0.25, 0.3) is 16.7 Å². The van der Waals surface area contributed by atoms with Gasteiger partial charge in [0, 0.05) is 30.4 Å². The lowest BCUT2D eigenvalue weighted by Gasteiger charge is -2.33. The SMILES string of the molecule is Cc1cc(N2CCC(C(=O)NCCc3cccs3)CC2)n2c(nc3ccccc32)c1C#N. The van der Waals surface area contributed by atoms with Gasteiger partial charge in [0.15, 0.2) is 5.65 Å². The number of nitrogens with one attached hydrogen (secondary N) is 1. The molecule has 3 aromatic heterocycles. The van der Waals surface area contributed by atoms with Crippen LogP contribution in [0.15, 0.2) is 47.8 Å². The molecule has 1 aromatic carbocycles. The highest BCUT2D eigenvalue weighted by molar-refractivity contribution is 7.09.